The molecule has 2 aromatic heterocycles. The van der Waals surface area contributed by atoms with Crippen LogP contribution >= 0.6 is 0 Å². The molecule has 0 unspecified atom stereocenters. The van der Waals surface area contributed by atoms with Crippen LogP contribution in [0.1, 0.15) is 58.3 Å². The van der Waals surface area contributed by atoms with Crippen LogP contribution in [0.5, 0.6) is 11.6 Å². The second-order valence-electron chi connectivity index (χ2n) is 11.3. The molecule has 2 aromatic carbocycles. The highest BCUT2D eigenvalue weighted by atomic mass is 19.3. The van der Waals surface area contributed by atoms with Gasteiger partial charge in [-0.05, 0) is 66.6 Å². The Morgan fingerprint density at radius 3 is 2.65 bits per heavy atom. The monoisotopic (exact) mass is 588 g/mol. The lowest BCUT2D eigenvalue weighted by Gasteiger charge is -2.39. The van der Waals surface area contributed by atoms with Crippen LogP contribution in [0.2, 0.25) is 0 Å². The Morgan fingerprint density at radius 2 is 1.88 bits per heavy atom. The Labute approximate surface area is 248 Å². The zero-order valence-corrected chi connectivity index (χ0v) is 24.2. The highest BCUT2D eigenvalue weighted by molar-refractivity contribution is 5.90. The fourth-order valence-electron chi connectivity index (χ4n) is 6.16. The number of aromatic carboxylic acids is 1. The number of carboxylic acid groups (broad SMARTS) is 1. The maximum atomic E-state index is 13.7. The summed E-state index contributed by atoms with van der Waals surface area (Å²) in [6.45, 7) is 4.04. The van der Waals surface area contributed by atoms with Gasteiger partial charge in [-0.1, -0.05) is 36.4 Å². The number of fused-ring (bicyclic) bond motifs is 1. The Balaban J connectivity index is 1.19. The third-order valence-electron chi connectivity index (χ3n) is 8.49. The third-order valence-corrected chi connectivity index (χ3v) is 8.49. The number of rotatable bonds is 8. The Hall–Kier alpha value is -4.31. The first-order valence-electron chi connectivity index (χ1n) is 14.5. The van der Waals surface area contributed by atoms with Gasteiger partial charge in [-0.3, -0.25) is 4.90 Å². The molecule has 1 aliphatic carbocycles. The number of hydrogen-bond donors (Lipinski definition) is 1. The van der Waals surface area contributed by atoms with E-state index in [0.29, 0.717) is 36.7 Å². The Morgan fingerprint density at radius 1 is 1.09 bits per heavy atom. The van der Waals surface area contributed by atoms with Crippen molar-refractivity contribution in [3.05, 3.63) is 88.6 Å². The van der Waals surface area contributed by atoms with Crippen molar-refractivity contribution in [1.82, 2.24) is 19.7 Å². The van der Waals surface area contributed by atoms with Crippen LogP contribution < -0.4 is 9.47 Å². The highest BCUT2D eigenvalue weighted by Crippen LogP contribution is 2.37. The van der Waals surface area contributed by atoms with E-state index >= 15 is 0 Å². The minimum Gasteiger partial charge on any atom is -0.488 e. The van der Waals surface area contributed by atoms with Gasteiger partial charge >= 0.3 is 5.97 Å². The summed E-state index contributed by atoms with van der Waals surface area (Å²) in [4.78, 5) is 18.7. The largest absolute Gasteiger partial charge is 0.488 e. The van der Waals surface area contributed by atoms with Gasteiger partial charge < -0.3 is 14.6 Å². The maximum absolute atomic E-state index is 13.7. The smallest absolute Gasteiger partial charge is 0.342 e. The van der Waals surface area contributed by atoms with Crippen molar-refractivity contribution in [2.75, 3.05) is 13.7 Å². The van der Waals surface area contributed by atoms with Gasteiger partial charge in [0.1, 0.15) is 17.9 Å². The van der Waals surface area contributed by atoms with Crippen LogP contribution in [0, 0.1) is 6.92 Å². The van der Waals surface area contributed by atoms with Gasteiger partial charge in [-0.15, -0.1) is 0 Å². The van der Waals surface area contributed by atoms with Gasteiger partial charge in [0.15, 0.2) is 5.82 Å². The molecule has 0 spiro atoms. The van der Waals surface area contributed by atoms with Gasteiger partial charge in [0.25, 0.3) is 0 Å². The molecule has 8 nitrogen and oxygen atoms in total. The summed E-state index contributed by atoms with van der Waals surface area (Å²) in [5, 5.41) is 13.6. The first-order valence-corrected chi connectivity index (χ1v) is 14.5. The van der Waals surface area contributed by atoms with Gasteiger partial charge in [-0.25, -0.2) is 18.6 Å². The summed E-state index contributed by atoms with van der Waals surface area (Å²) in [5.74, 6) is -2.42. The van der Waals surface area contributed by atoms with Crippen LogP contribution in [0.25, 0.3) is 17.1 Å². The van der Waals surface area contributed by atoms with E-state index in [4.69, 9.17) is 14.5 Å². The summed E-state index contributed by atoms with van der Waals surface area (Å²) >= 11 is 0. The number of nitrogens with zero attached hydrogens (tertiary/aromatic N) is 4. The molecule has 2 aliphatic rings. The summed E-state index contributed by atoms with van der Waals surface area (Å²) < 4.78 is 40.4. The summed E-state index contributed by atoms with van der Waals surface area (Å²) in [6, 6.07) is 18.0. The van der Waals surface area contributed by atoms with Crippen molar-refractivity contribution < 1.29 is 28.2 Å². The van der Waals surface area contributed by atoms with Gasteiger partial charge in [-0.2, -0.15) is 9.78 Å². The maximum Gasteiger partial charge on any atom is 0.342 e. The number of methoxy groups -OCH3 is 1. The lowest BCUT2D eigenvalue weighted by molar-refractivity contribution is -0.0552. The number of alkyl halides is 2. The number of para-hydroxylation sites is 1. The Bertz CT molecular complexity index is 1640. The molecule has 224 valence electrons. The number of ether oxygens (including phenoxy) is 2. The molecule has 1 N–H and O–H groups in total. The van der Waals surface area contributed by atoms with Crippen LogP contribution in [0.4, 0.5) is 8.78 Å². The minimum absolute atomic E-state index is 0.0128. The second-order valence-corrected chi connectivity index (χ2v) is 11.3. The fourth-order valence-corrected chi connectivity index (χ4v) is 6.16. The van der Waals surface area contributed by atoms with Crippen LogP contribution in [0.15, 0.2) is 60.8 Å². The molecule has 6 rings (SSSR count). The van der Waals surface area contributed by atoms with Crippen LogP contribution in [-0.4, -0.2) is 56.4 Å². The third kappa shape index (κ3) is 5.97. The molecular weight excluding hydrogens is 554 g/mol. The first kappa shape index (κ1) is 28.8. The zero-order valence-electron chi connectivity index (χ0n) is 24.2. The number of benzene rings is 2. The molecule has 0 saturated heterocycles. The fraction of sp³-hybridized carbons (Fsp3) is 0.364. The molecule has 10 heteroatoms. The molecule has 1 fully saturated rings. The molecular formula is C33H34F2N4O4. The van der Waals surface area contributed by atoms with E-state index in [0.717, 1.165) is 36.2 Å². The molecule has 4 aromatic rings. The molecule has 3 heterocycles. The van der Waals surface area contributed by atoms with Crippen molar-refractivity contribution in [1.29, 1.82) is 0 Å². The van der Waals surface area contributed by atoms with E-state index < -0.39 is 11.9 Å². The number of halogens is 2. The van der Waals surface area contributed by atoms with Crippen molar-refractivity contribution >= 4 is 5.97 Å². The zero-order chi connectivity index (χ0) is 30.1. The lowest BCUT2D eigenvalue weighted by atomic mass is 9.89. The number of pyridine rings is 1. The molecule has 0 radical (unpaired) electrons. The quantitative estimate of drug-likeness (QED) is 0.253. The summed E-state index contributed by atoms with van der Waals surface area (Å²) in [6.07, 6.45) is 3.22. The van der Waals surface area contributed by atoms with Crippen LogP contribution in [0.3, 0.4) is 0 Å². The second kappa shape index (κ2) is 11.8. The summed E-state index contributed by atoms with van der Waals surface area (Å²) in [7, 11) is 1.40. The minimum atomic E-state index is -2.51. The summed E-state index contributed by atoms with van der Waals surface area (Å²) in [5.41, 5.74) is 5.96. The number of aryl methyl sites for hydroxylation is 1. The van der Waals surface area contributed by atoms with Crippen molar-refractivity contribution in [2.24, 2.45) is 0 Å². The number of carbonyl (C=O) groups is 1. The van der Waals surface area contributed by atoms with Gasteiger partial charge in [0.2, 0.25) is 11.8 Å². The normalized spacial score (nSPS) is 16.9. The van der Waals surface area contributed by atoms with E-state index in [1.165, 1.54) is 29.1 Å². The van der Waals surface area contributed by atoms with E-state index in [1.54, 1.807) is 6.07 Å². The Kier molecular flexibility index (Phi) is 7.87. The van der Waals surface area contributed by atoms with Gasteiger partial charge in [0, 0.05) is 37.5 Å². The molecule has 0 bridgehead atoms. The average molecular weight is 589 g/mol. The predicted molar refractivity (Wildman–Crippen MR) is 157 cm³/mol. The lowest BCUT2D eigenvalue weighted by Crippen LogP contribution is -2.43. The van der Waals surface area contributed by atoms with E-state index in [-0.39, 0.29) is 30.3 Å². The van der Waals surface area contributed by atoms with E-state index in [2.05, 4.69) is 28.2 Å². The van der Waals surface area contributed by atoms with Crippen LogP contribution in [-0.2, 0) is 19.6 Å². The average Bonchev–Trinajstić information content (AvgIpc) is 3.45. The molecule has 0 amide bonds. The topological polar surface area (TPSA) is 89.7 Å². The highest BCUT2D eigenvalue weighted by Gasteiger charge is 2.37. The first-order chi connectivity index (χ1) is 20.7. The SMILES string of the molecule is COc1c(C(=O)O)cnn1-c1cccc(-c2cccc(C)c2OCc2ccc3c(c2)CCN(C2CCC(F)(F)CC2)C3)n1. The number of carboxylic acids is 1. The number of hydrogen-bond acceptors (Lipinski definition) is 6. The molecule has 1 aliphatic heterocycles. The molecule has 43 heavy (non-hydrogen) atoms. The van der Waals surface area contributed by atoms with E-state index in [9.17, 15) is 18.7 Å². The van der Waals surface area contributed by atoms with Crippen molar-refractivity contribution in [3.63, 3.8) is 0 Å². The number of aromatic nitrogens is 3. The molecule has 0 atom stereocenters. The van der Waals surface area contributed by atoms with Crippen molar-refractivity contribution in [2.45, 2.75) is 64.1 Å². The molecule has 1 saturated carbocycles. The van der Waals surface area contributed by atoms with Gasteiger partial charge in [0.05, 0.1) is 19.0 Å². The van der Waals surface area contributed by atoms with E-state index in [1.807, 2.05) is 37.3 Å². The van der Waals surface area contributed by atoms with Crippen molar-refractivity contribution in [3.8, 4) is 28.7 Å². The standard InChI is InChI=1S/C33H34F2N4O4/c1-21-5-3-6-26(28-7-4-8-29(37-28)39-31(42-2)27(18-36-39)32(40)41)30(21)43-20-22-9-10-24-19-38(16-13-23(24)17-22)25-11-14-33(34,35)15-12-25/h3-10,17-18,25H,11-16,19-20H2,1-2H3,(H,40,41). The predicted octanol–water partition coefficient (Wildman–Crippen LogP) is 6.46.